The van der Waals surface area contributed by atoms with Gasteiger partial charge in [-0.2, -0.15) is 8.42 Å². The number of benzene rings is 1. The van der Waals surface area contributed by atoms with Crippen LogP contribution in [0.5, 0.6) is 0 Å². The topological polar surface area (TPSA) is 77.5 Å². The average Bonchev–Trinajstić information content (AvgIpc) is 2.57. The van der Waals surface area contributed by atoms with E-state index in [0.717, 1.165) is 5.56 Å². The van der Waals surface area contributed by atoms with Gasteiger partial charge < -0.3 is 0 Å². The van der Waals surface area contributed by atoms with Gasteiger partial charge >= 0.3 is 0 Å². The molecule has 0 amide bonds. The van der Waals surface area contributed by atoms with Gasteiger partial charge in [-0.05, 0) is 25.5 Å². The van der Waals surface area contributed by atoms with Crippen molar-refractivity contribution in [2.45, 2.75) is 24.3 Å². The zero-order chi connectivity index (χ0) is 13.4. The minimum absolute atomic E-state index is 0.0128. The van der Waals surface area contributed by atoms with E-state index in [1.54, 1.807) is 12.1 Å². The largest absolute Gasteiger partial charge is 0.297 e. The third-order valence-electron chi connectivity index (χ3n) is 2.76. The molecule has 2 rings (SSSR count). The summed E-state index contributed by atoms with van der Waals surface area (Å²) in [7, 11) is -7.02. The van der Waals surface area contributed by atoms with Gasteiger partial charge in [0.2, 0.25) is 0 Å². The molecule has 1 aliphatic rings. The smallest absolute Gasteiger partial charge is 0.262 e. The highest BCUT2D eigenvalue weighted by molar-refractivity contribution is 7.91. The molecule has 5 nitrogen and oxygen atoms in total. The van der Waals surface area contributed by atoms with Gasteiger partial charge in [0.05, 0.1) is 22.5 Å². The van der Waals surface area contributed by atoms with Crippen molar-refractivity contribution in [3.63, 3.8) is 0 Å². The second kappa shape index (κ2) is 4.64. The van der Waals surface area contributed by atoms with E-state index in [9.17, 15) is 16.8 Å². The average molecular weight is 290 g/mol. The van der Waals surface area contributed by atoms with Gasteiger partial charge in [-0.15, -0.1) is 0 Å². The molecule has 7 heteroatoms. The van der Waals surface area contributed by atoms with E-state index in [0.29, 0.717) is 0 Å². The van der Waals surface area contributed by atoms with Crippen molar-refractivity contribution in [1.82, 2.24) is 0 Å². The zero-order valence-corrected chi connectivity index (χ0v) is 11.5. The highest BCUT2D eigenvalue weighted by atomic mass is 32.2. The molecule has 1 heterocycles. The predicted molar refractivity (Wildman–Crippen MR) is 66.5 cm³/mol. The van der Waals surface area contributed by atoms with E-state index in [4.69, 9.17) is 4.18 Å². The van der Waals surface area contributed by atoms with Crippen LogP contribution in [0, 0.1) is 6.92 Å². The highest BCUT2D eigenvalue weighted by Crippen LogP contribution is 2.21. The highest BCUT2D eigenvalue weighted by Gasteiger charge is 2.32. The Kier molecular flexibility index (Phi) is 3.48. The maximum absolute atomic E-state index is 11.9. The van der Waals surface area contributed by atoms with Crippen molar-refractivity contribution in [3.05, 3.63) is 29.8 Å². The van der Waals surface area contributed by atoms with Crippen LogP contribution in [0.25, 0.3) is 0 Å². The molecule has 0 N–H and O–H groups in total. The third kappa shape index (κ3) is 3.09. The lowest BCUT2D eigenvalue weighted by atomic mass is 10.2. The van der Waals surface area contributed by atoms with Gasteiger partial charge in [-0.25, -0.2) is 8.42 Å². The summed E-state index contributed by atoms with van der Waals surface area (Å²) in [4.78, 5) is 0.0531. The molecule has 0 radical (unpaired) electrons. The molecule has 1 aliphatic heterocycles. The summed E-state index contributed by atoms with van der Waals surface area (Å²) in [5.74, 6) is -0.237. The van der Waals surface area contributed by atoms with Gasteiger partial charge in [-0.1, -0.05) is 17.7 Å². The van der Waals surface area contributed by atoms with Crippen LogP contribution in [-0.2, 0) is 24.1 Å². The quantitative estimate of drug-likeness (QED) is 0.773. The maximum atomic E-state index is 11.9. The van der Waals surface area contributed by atoms with E-state index >= 15 is 0 Å². The van der Waals surface area contributed by atoms with Crippen molar-refractivity contribution in [3.8, 4) is 0 Å². The van der Waals surface area contributed by atoms with Gasteiger partial charge in [0.1, 0.15) is 0 Å². The number of aryl methyl sites for hydroxylation is 1. The molecular weight excluding hydrogens is 276 g/mol. The predicted octanol–water partition coefficient (Wildman–Crippen LogP) is 0.887. The molecule has 0 bridgehead atoms. The molecule has 1 fully saturated rings. The Morgan fingerprint density at radius 1 is 1.22 bits per heavy atom. The van der Waals surface area contributed by atoms with Crippen molar-refractivity contribution in [1.29, 1.82) is 0 Å². The molecule has 0 unspecified atom stereocenters. The number of hydrogen-bond donors (Lipinski definition) is 0. The molecule has 1 aromatic rings. The second-order valence-electron chi connectivity index (χ2n) is 4.39. The molecule has 100 valence electrons. The summed E-state index contributed by atoms with van der Waals surface area (Å²) >= 11 is 0. The molecule has 1 atom stereocenters. The summed E-state index contributed by atoms with van der Waals surface area (Å²) in [6.07, 6.45) is -0.533. The fourth-order valence-electron chi connectivity index (χ4n) is 1.78. The molecule has 0 aromatic heterocycles. The normalized spacial score (nSPS) is 23.1. The van der Waals surface area contributed by atoms with E-state index in [1.807, 2.05) is 6.92 Å². The summed E-state index contributed by atoms with van der Waals surface area (Å²) in [6.45, 7) is 1.85. The Hall–Kier alpha value is -0.920. The molecule has 18 heavy (non-hydrogen) atoms. The Morgan fingerprint density at radius 3 is 2.33 bits per heavy atom. The Morgan fingerprint density at radius 2 is 1.83 bits per heavy atom. The van der Waals surface area contributed by atoms with Crippen LogP contribution in [0.3, 0.4) is 0 Å². The standard InChI is InChI=1S/C11H14O5S2/c1-9-2-4-11(5-3-9)18(14,15)16-10-6-7-17(12,13)8-10/h2-5,10H,6-8H2,1H3/t10-/m1/s1. The van der Waals surface area contributed by atoms with Gasteiger partial charge in [0, 0.05) is 0 Å². The first-order valence-electron chi connectivity index (χ1n) is 5.49. The van der Waals surface area contributed by atoms with E-state index in [1.165, 1.54) is 12.1 Å². The van der Waals surface area contributed by atoms with Crippen molar-refractivity contribution in [2.75, 3.05) is 11.5 Å². The molecule has 0 spiro atoms. The molecule has 1 aromatic carbocycles. The minimum Gasteiger partial charge on any atom is -0.262 e. The molecular formula is C11H14O5S2. The van der Waals surface area contributed by atoms with Gasteiger partial charge in [-0.3, -0.25) is 4.18 Å². The lowest BCUT2D eigenvalue weighted by molar-refractivity contribution is 0.236. The fourth-order valence-corrected chi connectivity index (χ4v) is 4.56. The van der Waals surface area contributed by atoms with Crippen LogP contribution in [-0.4, -0.2) is 34.4 Å². The molecule has 0 aliphatic carbocycles. The first-order valence-corrected chi connectivity index (χ1v) is 8.72. The summed E-state index contributed by atoms with van der Waals surface area (Å²) in [6, 6.07) is 6.24. The van der Waals surface area contributed by atoms with E-state index in [-0.39, 0.29) is 22.8 Å². The van der Waals surface area contributed by atoms with Crippen LogP contribution < -0.4 is 0 Å². The zero-order valence-electron chi connectivity index (χ0n) is 9.87. The first kappa shape index (κ1) is 13.5. The van der Waals surface area contributed by atoms with E-state index in [2.05, 4.69) is 0 Å². The van der Waals surface area contributed by atoms with Crippen LogP contribution >= 0.6 is 0 Å². The van der Waals surface area contributed by atoms with E-state index < -0.39 is 26.1 Å². The lowest BCUT2D eigenvalue weighted by Crippen LogP contribution is -2.19. The molecule has 1 saturated heterocycles. The van der Waals surface area contributed by atoms with Gasteiger partial charge in [0.15, 0.2) is 9.84 Å². The van der Waals surface area contributed by atoms with Crippen LogP contribution in [0.1, 0.15) is 12.0 Å². The lowest BCUT2D eigenvalue weighted by Gasteiger charge is -2.10. The number of hydrogen-bond acceptors (Lipinski definition) is 5. The van der Waals surface area contributed by atoms with Crippen LogP contribution in [0.15, 0.2) is 29.2 Å². The summed E-state index contributed by atoms with van der Waals surface area (Å²) < 4.78 is 51.2. The minimum atomic E-state index is -3.88. The first-order chi connectivity index (χ1) is 8.28. The Bertz CT molecular complexity index is 629. The monoisotopic (exact) mass is 290 g/mol. The van der Waals surface area contributed by atoms with Crippen LogP contribution in [0.4, 0.5) is 0 Å². The summed E-state index contributed by atoms with van der Waals surface area (Å²) in [5.41, 5.74) is 0.942. The second-order valence-corrected chi connectivity index (χ2v) is 8.19. The van der Waals surface area contributed by atoms with Crippen LogP contribution in [0.2, 0.25) is 0 Å². The van der Waals surface area contributed by atoms with Gasteiger partial charge in [0.25, 0.3) is 10.1 Å². The number of sulfone groups is 1. The fraction of sp³-hybridized carbons (Fsp3) is 0.455. The summed E-state index contributed by atoms with van der Waals surface area (Å²) in [5, 5.41) is 0. The Labute approximate surface area is 107 Å². The van der Waals surface area contributed by atoms with Crippen molar-refractivity contribution in [2.24, 2.45) is 0 Å². The SMILES string of the molecule is Cc1ccc(S(=O)(=O)O[C@@H]2CCS(=O)(=O)C2)cc1. The maximum Gasteiger partial charge on any atom is 0.297 e. The van der Waals surface area contributed by atoms with Crippen molar-refractivity contribution < 1.29 is 21.0 Å². The Balaban J connectivity index is 2.16. The third-order valence-corrected chi connectivity index (χ3v) is 5.88. The number of rotatable bonds is 3. The van der Waals surface area contributed by atoms with Crippen molar-refractivity contribution >= 4 is 20.0 Å². The molecule has 0 saturated carbocycles.